The second-order valence-electron chi connectivity index (χ2n) is 5.07. The maximum absolute atomic E-state index is 12.8. The predicted octanol–water partition coefficient (Wildman–Crippen LogP) is 3.64. The van der Waals surface area contributed by atoms with Crippen molar-refractivity contribution in [2.45, 2.75) is 37.5 Å². The Morgan fingerprint density at radius 3 is 2.63 bits per heavy atom. The maximum atomic E-state index is 12.8. The molecule has 1 aliphatic rings. The molecule has 2 atom stereocenters. The van der Waals surface area contributed by atoms with E-state index in [2.05, 4.69) is 0 Å². The highest BCUT2D eigenvalue weighted by atomic mass is 19.4. The number of aliphatic hydroxyl groups is 1. The molecule has 0 radical (unpaired) electrons. The Bertz CT molecular complexity index is 445. The summed E-state index contributed by atoms with van der Waals surface area (Å²) >= 11 is 0. The number of methoxy groups -OCH3 is 1. The summed E-state index contributed by atoms with van der Waals surface area (Å²) < 4.78 is 43.7. The lowest BCUT2D eigenvalue weighted by Gasteiger charge is -2.38. The summed E-state index contributed by atoms with van der Waals surface area (Å²) in [6.45, 7) is 0. The van der Waals surface area contributed by atoms with Crippen molar-refractivity contribution in [3.8, 4) is 5.75 Å². The molecule has 1 aromatic rings. The van der Waals surface area contributed by atoms with Crippen molar-refractivity contribution >= 4 is 0 Å². The summed E-state index contributed by atoms with van der Waals surface area (Å²) in [4.78, 5) is 0. The summed E-state index contributed by atoms with van der Waals surface area (Å²) in [5.41, 5.74) is -1.00. The van der Waals surface area contributed by atoms with E-state index in [1.807, 2.05) is 0 Å². The number of hydrogen-bond acceptors (Lipinski definition) is 2. The van der Waals surface area contributed by atoms with E-state index in [9.17, 15) is 18.3 Å². The molecule has 1 aliphatic carbocycles. The zero-order valence-corrected chi connectivity index (χ0v) is 10.7. The van der Waals surface area contributed by atoms with Gasteiger partial charge in [-0.1, -0.05) is 18.2 Å². The van der Waals surface area contributed by atoms with Crippen molar-refractivity contribution in [1.29, 1.82) is 0 Å². The molecule has 1 saturated carbocycles. The van der Waals surface area contributed by atoms with Crippen molar-refractivity contribution < 1.29 is 23.0 Å². The molecule has 0 aliphatic heterocycles. The standard InChI is InChI=1S/C14H17F3O2/c1-19-12-7-3-2-6-11(12)13(18)8-4-5-10(9-13)14(15,16)17/h2-3,6-7,10,18H,4-5,8-9H2,1H3. The molecule has 0 aromatic heterocycles. The first kappa shape index (κ1) is 14.2. The van der Waals surface area contributed by atoms with Crippen molar-refractivity contribution in [2.24, 2.45) is 5.92 Å². The number of halogens is 3. The van der Waals surface area contributed by atoms with Crippen LogP contribution < -0.4 is 4.74 Å². The van der Waals surface area contributed by atoms with Crippen molar-refractivity contribution in [3.63, 3.8) is 0 Å². The van der Waals surface area contributed by atoms with Gasteiger partial charge in [-0.2, -0.15) is 13.2 Å². The van der Waals surface area contributed by atoms with E-state index >= 15 is 0 Å². The molecule has 2 rings (SSSR count). The number of hydrogen-bond donors (Lipinski definition) is 1. The average Bonchev–Trinajstić information content (AvgIpc) is 2.38. The Hall–Kier alpha value is -1.23. The number of para-hydroxylation sites is 1. The molecule has 0 heterocycles. The number of rotatable bonds is 2. The predicted molar refractivity (Wildman–Crippen MR) is 64.9 cm³/mol. The summed E-state index contributed by atoms with van der Waals surface area (Å²) in [6.07, 6.45) is -3.77. The largest absolute Gasteiger partial charge is 0.496 e. The Kier molecular flexibility index (Phi) is 3.76. The van der Waals surface area contributed by atoms with Gasteiger partial charge in [-0.15, -0.1) is 0 Å². The van der Waals surface area contributed by atoms with Crippen LogP contribution in [0.5, 0.6) is 5.75 Å². The third-order valence-corrected chi connectivity index (χ3v) is 3.80. The van der Waals surface area contributed by atoms with Crippen LogP contribution in [-0.4, -0.2) is 18.4 Å². The maximum Gasteiger partial charge on any atom is 0.391 e. The lowest BCUT2D eigenvalue weighted by atomic mass is 9.74. The van der Waals surface area contributed by atoms with Crippen LogP contribution in [0.1, 0.15) is 31.2 Å². The van der Waals surface area contributed by atoms with Gasteiger partial charge in [-0.05, 0) is 31.7 Å². The van der Waals surface area contributed by atoms with Gasteiger partial charge in [-0.3, -0.25) is 0 Å². The van der Waals surface area contributed by atoms with Gasteiger partial charge in [0.2, 0.25) is 0 Å². The molecule has 2 unspecified atom stereocenters. The minimum absolute atomic E-state index is 0.0843. The lowest BCUT2D eigenvalue weighted by molar-refractivity contribution is -0.202. The number of ether oxygens (including phenoxy) is 1. The minimum atomic E-state index is -4.25. The van der Waals surface area contributed by atoms with Crippen LogP contribution in [0.15, 0.2) is 24.3 Å². The van der Waals surface area contributed by atoms with E-state index in [-0.39, 0.29) is 12.8 Å². The topological polar surface area (TPSA) is 29.5 Å². The van der Waals surface area contributed by atoms with Crippen molar-refractivity contribution in [1.82, 2.24) is 0 Å². The fraction of sp³-hybridized carbons (Fsp3) is 0.571. The van der Waals surface area contributed by atoms with Gasteiger partial charge in [0, 0.05) is 5.56 Å². The minimum Gasteiger partial charge on any atom is -0.496 e. The van der Waals surface area contributed by atoms with E-state index in [1.165, 1.54) is 7.11 Å². The zero-order valence-electron chi connectivity index (χ0n) is 10.7. The molecule has 1 aromatic carbocycles. The number of benzene rings is 1. The Morgan fingerprint density at radius 1 is 1.32 bits per heavy atom. The van der Waals surface area contributed by atoms with E-state index in [4.69, 9.17) is 4.74 Å². The van der Waals surface area contributed by atoms with Gasteiger partial charge in [0.25, 0.3) is 0 Å². The summed E-state index contributed by atoms with van der Waals surface area (Å²) in [7, 11) is 1.45. The molecule has 19 heavy (non-hydrogen) atoms. The van der Waals surface area contributed by atoms with E-state index < -0.39 is 17.7 Å². The zero-order chi connectivity index (χ0) is 14.1. The van der Waals surface area contributed by atoms with Gasteiger partial charge in [0.05, 0.1) is 18.6 Å². The van der Waals surface area contributed by atoms with E-state index in [0.29, 0.717) is 24.2 Å². The molecule has 0 amide bonds. The summed E-state index contributed by atoms with van der Waals surface area (Å²) in [5, 5.41) is 10.6. The summed E-state index contributed by atoms with van der Waals surface area (Å²) in [5.74, 6) is -1.01. The van der Waals surface area contributed by atoms with Crippen LogP contribution >= 0.6 is 0 Å². The summed E-state index contributed by atoms with van der Waals surface area (Å²) in [6, 6.07) is 6.73. The highest BCUT2D eigenvalue weighted by molar-refractivity contribution is 5.38. The van der Waals surface area contributed by atoms with E-state index in [1.54, 1.807) is 24.3 Å². The third-order valence-electron chi connectivity index (χ3n) is 3.80. The first-order valence-corrected chi connectivity index (χ1v) is 6.29. The average molecular weight is 274 g/mol. The van der Waals surface area contributed by atoms with Crippen LogP contribution in [0, 0.1) is 5.92 Å². The molecular weight excluding hydrogens is 257 g/mol. The highest BCUT2D eigenvalue weighted by Crippen LogP contribution is 2.47. The molecule has 0 spiro atoms. The molecular formula is C14H17F3O2. The van der Waals surface area contributed by atoms with Crippen molar-refractivity contribution in [2.75, 3.05) is 7.11 Å². The Morgan fingerprint density at radius 2 is 2.00 bits per heavy atom. The van der Waals surface area contributed by atoms with Crippen LogP contribution in [0.25, 0.3) is 0 Å². The van der Waals surface area contributed by atoms with Crippen molar-refractivity contribution in [3.05, 3.63) is 29.8 Å². The van der Waals surface area contributed by atoms with E-state index in [0.717, 1.165) is 0 Å². The SMILES string of the molecule is COc1ccccc1C1(O)CCCC(C(F)(F)F)C1. The lowest BCUT2D eigenvalue weighted by Crippen LogP contribution is -2.38. The van der Waals surface area contributed by atoms with Gasteiger partial charge in [0.15, 0.2) is 0 Å². The normalized spacial score (nSPS) is 28.2. The first-order valence-electron chi connectivity index (χ1n) is 6.29. The Balaban J connectivity index is 2.31. The molecule has 106 valence electrons. The molecule has 0 saturated heterocycles. The Labute approximate surface area is 110 Å². The third kappa shape index (κ3) is 2.86. The van der Waals surface area contributed by atoms with Crippen LogP contribution in [0.4, 0.5) is 13.2 Å². The monoisotopic (exact) mass is 274 g/mol. The molecule has 1 fully saturated rings. The molecule has 0 bridgehead atoms. The van der Waals surface area contributed by atoms with Crippen LogP contribution in [-0.2, 0) is 5.60 Å². The highest BCUT2D eigenvalue weighted by Gasteiger charge is 2.48. The van der Waals surface area contributed by atoms with Gasteiger partial charge in [-0.25, -0.2) is 0 Å². The molecule has 5 heteroatoms. The molecule has 2 nitrogen and oxygen atoms in total. The fourth-order valence-corrected chi connectivity index (χ4v) is 2.81. The second-order valence-corrected chi connectivity index (χ2v) is 5.07. The molecule has 1 N–H and O–H groups in total. The quantitative estimate of drug-likeness (QED) is 0.892. The van der Waals surface area contributed by atoms with Gasteiger partial charge < -0.3 is 9.84 Å². The first-order chi connectivity index (χ1) is 8.87. The fourth-order valence-electron chi connectivity index (χ4n) is 2.81. The smallest absolute Gasteiger partial charge is 0.391 e. The van der Waals surface area contributed by atoms with Gasteiger partial charge in [0.1, 0.15) is 5.75 Å². The van der Waals surface area contributed by atoms with Crippen LogP contribution in [0.3, 0.4) is 0 Å². The number of alkyl halides is 3. The van der Waals surface area contributed by atoms with Gasteiger partial charge >= 0.3 is 6.18 Å². The second kappa shape index (κ2) is 5.04. The van der Waals surface area contributed by atoms with Crippen LogP contribution in [0.2, 0.25) is 0 Å².